The molecule has 1 aromatic heterocycles. The molecule has 4 heteroatoms. The zero-order chi connectivity index (χ0) is 19.2. The monoisotopic (exact) mass is 371 g/mol. The number of nitrogens with zero attached hydrogens (tertiary/aromatic N) is 2. The summed E-state index contributed by atoms with van der Waals surface area (Å²) in [4.78, 5) is 19.6. The van der Waals surface area contributed by atoms with Crippen LogP contribution < -0.4 is 5.32 Å². The molecule has 1 aliphatic rings. The van der Waals surface area contributed by atoms with Gasteiger partial charge in [-0.05, 0) is 43.6 Å². The average molecular weight is 371 g/mol. The molecule has 0 bridgehead atoms. The van der Waals surface area contributed by atoms with Gasteiger partial charge in [0.05, 0.1) is 11.2 Å². The standard InChI is InChI=1S/C24H25N3O/c28-24(26-22-12-4-10-20-11-5-15-25-23(20)22)21-13-17-27(18-14-21)16-6-9-19-7-2-1-3-8-19/h1-12,15,21H,13-14,16-18H2,(H,26,28)/b9-6+. The number of nitrogens with one attached hydrogen (secondary N) is 1. The predicted octanol–water partition coefficient (Wildman–Crippen LogP) is 4.60. The van der Waals surface area contributed by atoms with E-state index in [1.807, 2.05) is 36.4 Å². The Balaban J connectivity index is 1.30. The first-order chi connectivity index (χ1) is 13.8. The second kappa shape index (κ2) is 8.81. The number of hydrogen-bond donors (Lipinski definition) is 1. The van der Waals surface area contributed by atoms with Crippen molar-refractivity contribution in [3.63, 3.8) is 0 Å². The van der Waals surface area contributed by atoms with Crippen molar-refractivity contribution in [2.24, 2.45) is 5.92 Å². The number of carbonyl (C=O) groups is 1. The van der Waals surface area contributed by atoms with Crippen LogP contribution in [0, 0.1) is 5.92 Å². The topological polar surface area (TPSA) is 45.2 Å². The molecular weight excluding hydrogens is 346 g/mol. The molecule has 0 spiro atoms. The van der Waals surface area contributed by atoms with Gasteiger partial charge in [-0.3, -0.25) is 14.7 Å². The quantitative estimate of drug-likeness (QED) is 0.713. The molecule has 0 radical (unpaired) electrons. The molecule has 1 aliphatic heterocycles. The Morgan fingerprint density at radius 1 is 1.04 bits per heavy atom. The number of para-hydroxylation sites is 1. The van der Waals surface area contributed by atoms with Gasteiger partial charge in [-0.1, -0.05) is 60.7 Å². The summed E-state index contributed by atoms with van der Waals surface area (Å²) in [6.07, 6.45) is 7.91. The zero-order valence-electron chi connectivity index (χ0n) is 15.9. The molecule has 142 valence electrons. The normalized spacial score (nSPS) is 15.9. The van der Waals surface area contributed by atoms with E-state index < -0.39 is 0 Å². The van der Waals surface area contributed by atoms with Crippen LogP contribution in [0.5, 0.6) is 0 Å². The summed E-state index contributed by atoms with van der Waals surface area (Å²) in [5.74, 6) is 0.172. The molecule has 3 aromatic rings. The van der Waals surface area contributed by atoms with Crippen molar-refractivity contribution < 1.29 is 4.79 Å². The lowest BCUT2D eigenvalue weighted by Gasteiger charge is -2.30. The highest BCUT2D eigenvalue weighted by Gasteiger charge is 2.24. The van der Waals surface area contributed by atoms with E-state index in [-0.39, 0.29) is 11.8 Å². The Hall–Kier alpha value is -2.98. The molecule has 1 amide bonds. The van der Waals surface area contributed by atoms with Gasteiger partial charge in [0.1, 0.15) is 0 Å². The highest BCUT2D eigenvalue weighted by molar-refractivity contribution is 6.01. The van der Waals surface area contributed by atoms with Gasteiger partial charge in [0.15, 0.2) is 0 Å². The Labute approximate surface area is 165 Å². The lowest BCUT2D eigenvalue weighted by Crippen LogP contribution is -2.38. The number of benzene rings is 2. The summed E-state index contributed by atoms with van der Waals surface area (Å²) < 4.78 is 0. The fraction of sp³-hybridized carbons (Fsp3) is 0.250. The van der Waals surface area contributed by atoms with Crippen LogP contribution in [-0.2, 0) is 4.79 Å². The summed E-state index contributed by atoms with van der Waals surface area (Å²) in [6, 6.07) is 20.2. The summed E-state index contributed by atoms with van der Waals surface area (Å²) >= 11 is 0. The van der Waals surface area contributed by atoms with Crippen molar-refractivity contribution in [2.75, 3.05) is 25.0 Å². The van der Waals surface area contributed by atoms with E-state index in [0.29, 0.717) is 0 Å². The number of aromatic nitrogens is 1. The number of pyridine rings is 1. The molecular formula is C24H25N3O. The van der Waals surface area contributed by atoms with Gasteiger partial charge in [0, 0.05) is 24.0 Å². The highest BCUT2D eigenvalue weighted by atomic mass is 16.1. The summed E-state index contributed by atoms with van der Waals surface area (Å²) in [5, 5.41) is 4.14. The maximum absolute atomic E-state index is 12.7. The lowest BCUT2D eigenvalue weighted by molar-refractivity contribution is -0.121. The van der Waals surface area contributed by atoms with Crippen molar-refractivity contribution in [1.82, 2.24) is 9.88 Å². The van der Waals surface area contributed by atoms with Crippen LogP contribution in [0.1, 0.15) is 18.4 Å². The average Bonchev–Trinajstić information content (AvgIpc) is 2.75. The van der Waals surface area contributed by atoms with E-state index in [2.05, 4.69) is 51.6 Å². The number of fused-ring (bicyclic) bond motifs is 1. The number of amides is 1. The van der Waals surface area contributed by atoms with Gasteiger partial charge in [-0.25, -0.2) is 0 Å². The largest absolute Gasteiger partial charge is 0.324 e. The van der Waals surface area contributed by atoms with E-state index in [1.54, 1.807) is 6.20 Å². The summed E-state index contributed by atoms with van der Waals surface area (Å²) in [5.41, 5.74) is 2.87. The van der Waals surface area contributed by atoms with Crippen LogP contribution in [0.4, 0.5) is 5.69 Å². The molecule has 2 aromatic carbocycles. The van der Waals surface area contributed by atoms with Crippen LogP contribution in [0.2, 0.25) is 0 Å². The molecule has 1 saturated heterocycles. The first-order valence-corrected chi connectivity index (χ1v) is 9.88. The Morgan fingerprint density at radius 3 is 2.64 bits per heavy atom. The zero-order valence-corrected chi connectivity index (χ0v) is 15.9. The van der Waals surface area contributed by atoms with Gasteiger partial charge in [-0.15, -0.1) is 0 Å². The molecule has 1 N–H and O–H groups in total. The molecule has 4 rings (SSSR count). The van der Waals surface area contributed by atoms with Crippen LogP contribution in [-0.4, -0.2) is 35.4 Å². The Bertz CT molecular complexity index is 955. The minimum Gasteiger partial charge on any atom is -0.324 e. The second-order valence-electron chi connectivity index (χ2n) is 7.26. The van der Waals surface area contributed by atoms with Crippen LogP contribution >= 0.6 is 0 Å². The van der Waals surface area contributed by atoms with Gasteiger partial charge in [-0.2, -0.15) is 0 Å². The fourth-order valence-electron chi connectivity index (χ4n) is 3.72. The molecule has 2 heterocycles. The molecule has 1 fully saturated rings. The van der Waals surface area contributed by atoms with E-state index in [9.17, 15) is 4.79 Å². The maximum atomic E-state index is 12.7. The molecule has 28 heavy (non-hydrogen) atoms. The predicted molar refractivity (Wildman–Crippen MR) is 115 cm³/mol. The number of hydrogen-bond acceptors (Lipinski definition) is 3. The van der Waals surface area contributed by atoms with Crippen molar-refractivity contribution in [3.8, 4) is 0 Å². The third kappa shape index (κ3) is 4.46. The maximum Gasteiger partial charge on any atom is 0.227 e. The molecule has 0 saturated carbocycles. The highest BCUT2D eigenvalue weighted by Crippen LogP contribution is 2.24. The summed E-state index contributed by atoms with van der Waals surface area (Å²) in [7, 11) is 0. The lowest BCUT2D eigenvalue weighted by atomic mass is 9.95. The molecule has 0 unspecified atom stereocenters. The number of piperidine rings is 1. The van der Waals surface area contributed by atoms with Gasteiger partial charge in [0.25, 0.3) is 0 Å². The van der Waals surface area contributed by atoms with E-state index in [1.165, 1.54) is 5.56 Å². The molecule has 0 atom stereocenters. The molecule has 0 aliphatic carbocycles. The number of carbonyl (C=O) groups excluding carboxylic acids is 1. The second-order valence-corrected chi connectivity index (χ2v) is 7.26. The first kappa shape index (κ1) is 18.4. The Kier molecular flexibility index (Phi) is 5.78. The fourth-order valence-corrected chi connectivity index (χ4v) is 3.72. The van der Waals surface area contributed by atoms with Crippen LogP contribution in [0.15, 0.2) is 72.9 Å². The van der Waals surface area contributed by atoms with Crippen LogP contribution in [0.25, 0.3) is 17.0 Å². The van der Waals surface area contributed by atoms with Gasteiger partial charge >= 0.3 is 0 Å². The van der Waals surface area contributed by atoms with Gasteiger partial charge in [0.2, 0.25) is 5.91 Å². The SMILES string of the molecule is O=C(Nc1cccc2cccnc12)C1CCN(C/C=C/c2ccccc2)CC1. The smallest absolute Gasteiger partial charge is 0.227 e. The van der Waals surface area contributed by atoms with E-state index in [4.69, 9.17) is 0 Å². The minimum atomic E-state index is 0.0633. The third-order valence-corrected chi connectivity index (χ3v) is 5.32. The van der Waals surface area contributed by atoms with Crippen molar-refractivity contribution >= 4 is 28.6 Å². The number of likely N-dealkylation sites (tertiary alicyclic amines) is 1. The summed E-state index contributed by atoms with van der Waals surface area (Å²) in [6.45, 7) is 2.83. The number of anilines is 1. The van der Waals surface area contributed by atoms with E-state index in [0.717, 1.165) is 49.1 Å². The molecule has 4 nitrogen and oxygen atoms in total. The first-order valence-electron chi connectivity index (χ1n) is 9.88. The third-order valence-electron chi connectivity index (χ3n) is 5.32. The van der Waals surface area contributed by atoms with Crippen molar-refractivity contribution in [2.45, 2.75) is 12.8 Å². The van der Waals surface area contributed by atoms with Crippen LogP contribution in [0.3, 0.4) is 0 Å². The van der Waals surface area contributed by atoms with Crippen molar-refractivity contribution in [1.29, 1.82) is 0 Å². The van der Waals surface area contributed by atoms with Gasteiger partial charge < -0.3 is 5.32 Å². The van der Waals surface area contributed by atoms with Crippen molar-refractivity contribution in [3.05, 3.63) is 78.5 Å². The minimum absolute atomic E-state index is 0.0633. The van der Waals surface area contributed by atoms with E-state index >= 15 is 0 Å². The number of rotatable bonds is 5. The Morgan fingerprint density at radius 2 is 1.82 bits per heavy atom.